The van der Waals surface area contributed by atoms with Crippen LogP contribution in [0.15, 0.2) is 116 Å². The minimum absolute atomic E-state index is 0. The molecule has 5 aliphatic heterocycles. The fraction of sp³-hybridized carbons (Fsp3) is 0. The fourth-order valence-electron chi connectivity index (χ4n) is 2.83. The number of hydrogen-bond acceptors (Lipinski definition) is 4. The van der Waals surface area contributed by atoms with Gasteiger partial charge in [-0.1, -0.05) is 0 Å². The first kappa shape index (κ1) is 15.6. The van der Waals surface area contributed by atoms with Gasteiger partial charge in [0.05, 0.1) is 45.6 Å². The number of hydrogen-bond donors (Lipinski definition) is 0. The van der Waals surface area contributed by atoms with Crippen LogP contribution >= 0.6 is 0 Å². The first-order chi connectivity index (χ1) is 11.8. The van der Waals surface area contributed by atoms with Gasteiger partial charge >= 0.3 is 0 Å². The number of allylic oxidation sites excluding steroid dienone is 12. The quantitative estimate of drug-likeness (QED) is 0.609. The molecule has 0 saturated heterocycles. The summed E-state index contributed by atoms with van der Waals surface area (Å²) in [6.07, 6.45) is 23.8. The number of nitrogens with zero attached hydrogens (tertiary/aromatic N) is 4. The van der Waals surface area contributed by atoms with Crippen molar-refractivity contribution in [3.05, 3.63) is 95.7 Å². The molecule has 0 aromatic heterocycles. The van der Waals surface area contributed by atoms with Crippen LogP contribution in [0.25, 0.3) is 0 Å². The maximum atomic E-state index is 4.59. The van der Waals surface area contributed by atoms with Gasteiger partial charge in [-0.25, -0.2) is 20.0 Å². The van der Waals surface area contributed by atoms with Crippen molar-refractivity contribution < 1.29 is 0 Å². The Bertz CT molecular complexity index is 848. The van der Waals surface area contributed by atoms with Gasteiger partial charge in [0, 0.05) is 0 Å². The Morgan fingerprint density at radius 3 is 0.840 bits per heavy atom. The lowest BCUT2D eigenvalue weighted by Gasteiger charge is -1.94. The van der Waals surface area contributed by atoms with Gasteiger partial charge < -0.3 is 0 Å². The predicted molar refractivity (Wildman–Crippen MR) is 109 cm³/mol. The SMILES string of the molecule is C1=CC2=NC1=CC1=NC(=CC3=NC(=CC4=NC(=C2)C=C4)C=C3)C=C1.[AlH3]. The van der Waals surface area contributed by atoms with Crippen LogP contribution < -0.4 is 0 Å². The van der Waals surface area contributed by atoms with E-state index in [4.69, 9.17) is 0 Å². The van der Waals surface area contributed by atoms with Crippen molar-refractivity contribution >= 4 is 40.2 Å². The van der Waals surface area contributed by atoms with Crippen molar-refractivity contribution in [1.82, 2.24) is 0 Å². The van der Waals surface area contributed by atoms with Gasteiger partial charge in [-0.05, 0) is 72.9 Å². The van der Waals surface area contributed by atoms with Crippen LogP contribution in [0.3, 0.4) is 0 Å². The molecule has 118 valence electrons. The second-order valence-electron chi connectivity index (χ2n) is 5.76. The summed E-state index contributed by atoms with van der Waals surface area (Å²) in [6.45, 7) is 0. The standard InChI is InChI=1S/C20H12N4.Al.3H/c1-2-14-10-16-5-6-18(23-16)12-20-8-7-19(24-20)11-17-4-3-15(22-17)9-13(1)21-14;;;;/h1-12H;;;;. The van der Waals surface area contributed by atoms with Crippen molar-refractivity contribution in [1.29, 1.82) is 0 Å². The second kappa shape index (κ2) is 6.21. The predicted octanol–water partition coefficient (Wildman–Crippen LogP) is 2.39. The molecular formula is C20H15AlN4. The molecule has 0 N–H and O–H groups in total. The van der Waals surface area contributed by atoms with Gasteiger partial charge in [0.15, 0.2) is 17.4 Å². The Morgan fingerprint density at radius 2 is 0.600 bits per heavy atom. The van der Waals surface area contributed by atoms with Gasteiger partial charge in [-0.15, -0.1) is 0 Å². The van der Waals surface area contributed by atoms with E-state index in [1.165, 1.54) is 0 Å². The Balaban J connectivity index is 0.00000157. The van der Waals surface area contributed by atoms with E-state index in [1.54, 1.807) is 0 Å². The Labute approximate surface area is 156 Å². The van der Waals surface area contributed by atoms with Crippen molar-refractivity contribution in [3.63, 3.8) is 0 Å². The highest BCUT2D eigenvalue weighted by Crippen LogP contribution is 2.20. The zero-order valence-electron chi connectivity index (χ0n) is 12.7. The maximum absolute atomic E-state index is 4.59. The van der Waals surface area contributed by atoms with Crippen LogP contribution in [0, 0.1) is 0 Å². The lowest BCUT2D eigenvalue weighted by molar-refractivity contribution is 1.41. The third kappa shape index (κ3) is 3.20. The van der Waals surface area contributed by atoms with Gasteiger partial charge in [-0.3, -0.25) is 0 Å². The summed E-state index contributed by atoms with van der Waals surface area (Å²) in [6, 6.07) is 0. The van der Waals surface area contributed by atoms with Crippen molar-refractivity contribution in [2.45, 2.75) is 0 Å². The molecule has 0 unspecified atom stereocenters. The van der Waals surface area contributed by atoms with Gasteiger partial charge in [0.25, 0.3) is 0 Å². The molecule has 0 radical (unpaired) electrons. The lowest BCUT2D eigenvalue weighted by Crippen LogP contribution is -1.89. The molecule has 8 bridgehead atoms. The molecule has 25 heavy (non-hydrogen) atoms. The van der Waals surface area contributed by atoms with Crippen molar-refractivity contribution in [2.24, 2.45) is 20.0 Å². The van der Waals surface area contributed by atoms with E-state index in [1.807, 2.05) is 72.9 Å². The third-order valence-corrected chi connectivity index (χ3v) is 3.92. The minimum atomic E-state index is 0. The Hall–Kier alpha value is -2.87. The molecule has 5 aliphatic rings. The Kier molecular flexibility index (Phi) is 3.89. The molecule has 5 rings (SSSR count). The summed E-state index contributed by atoms with van der Waals surface area (Å²) in [7, 11) is 0. The van der Waals surface area contributed by atoms with E-state index < -0.39 is 0 Å². The van der Waals surface area contributed by atoms with Crippen LogP contribution in [0.5, 0.6) is 0 Å². The summed E-state index contributed by atoms with van der Waals surface area (Å²) in [5.74, 6) is 0. The first-order valence-electron chi connectivity index (χ1n) is 7.74. The molecule has 5 heteroatoms. The maximum Gasteiger partial charge on any atom is 0.187 e. The molecule has 0 aromatic carbocycles. The molecule has 0 fully saturated rings. The monoisotopic (exact) mass is 338 g/mol. The number of rotatable bonds is 0. The van der Waals surface area contributed by atoms with Gasteiger partial charge in [0.2, 0.25) is 0 Å². The van der Waals surface area contributed by atoms with E-state index >= 15 is 0 Å². The molecule has 0 saturated carbocycles. The van der Waals surface area contributed by atoms with Gasteiger partial charge in [-0.2, -0.15) is 0 Å². The summed E-state index contributed by atoms with van der Waals surface area (Å²) in [5, 5.41) is 0. The first-order valence-corrected chi connectivity index (χ1v) is 7.74. The number of aliphatic imine (C=N–C) groups is 4. The molecule has 5 heterocycles. The topological polar surface area (TPSA) is 49.4 Å². The summed E-state index contributed by atoms with van der Waals surface area (Å²) in [5.41, 5.74) is 7.15. The van der Waals surface area contributed by atoms with Crippen LogP contribution in [0.2, 0.25) is 0 Å². The summed E-state index contributed by atoms with van der Waals surface area (Å²) < 4.78 is 0. The second-order valence-corrected chi connectivity index (χ2v) is 5.76. The zero-order valence-corrected chi connectivity index (χ0v) is 12.7. The number of fused-ring (bicyclic) bond motifs is 4. The van der Waals surface area contributed by atoms with E-state index in [0.717, 1.165) is 45.6 Å². The molecule has 4 nitrogen and oxygen atoms in total. The highest BCUT2D eigenvalue weighted by molar-refractivity contribution is 6.14. The van der Waals surface area contributed by atoms with E-state index in [2.05, 4.69) is 20.0 Å². The van der Waals surface area contributed by atoms with Gasteiger partial charge in [0.1, 0.15) is 0 Å². The molecular weight excluding hydrogens is 323 g/mol. The molecule has 0 aromatic rings. The molecule has 0 aliphatic carbocycles. The molecule has 0 amide bonds. The third-order valence-electron chi connectivity index (χ3n) is 3.92. The molecule has 0 atom stereocenters. The van der Waals surface area contributed by atoms with Crippen LogP contribution in [0.4, 0.5) is 0 Å². The smallest absolute Gasteiger partial charge is 0.187 e. The zero-order chi connectivity index (χ0) is 15.9. The summed E-state index contributed by atoms with van der Waals surface area (Å²) in [4.78, 5) is 18.4. The summed E-state index contributed by atoms with van der Waals surface area (Å²) >= 11 is 0. The van der Waals surface area contributed by atoms with Crippen molar-refractivity contribution in [3.8, 4) is 0 Å². The molecule has 0 spiro atoms. The fourth-order valence-corrected chi connectivity index (χ4v) is 2.83. The van der Waals surface area contributed by atoms with Crippen LogP contribution in [-0.4, -0.2) is 40.2 Å². The van der Waals surface area contributed by atoms with Crippen molar-refractivity contribution in [2.75, 3.05) is 0 Å². The highest BCUT2D eigenvalue weighted by atomic mass is 27.0. The van der Waals surface area contributed by atoms with Crippen LogP contribution in [-0.2, 0) is 0 Å². The Morgan fingerprint density at radius 1 is 0.360 bits per heavy atom. The van der Waals surface area contributed by atoms with E-state index in [9.17, 15) is 0 Å². The normalized spacial score (nSPS) is 21.8. The van der Waals surface area contributed by atoms with E-state index in [0.29, 0.717) is 0 Å². The average molecular weight is 338 g/mol. The van der Waals surface area contributed by atoms with Crippen LogP contribution in [0.1, 0.15) is 0 Å². The minimum Gasteiger partial charge on any atom is -0.249 e. The highest BCUT2D eigenvalue weighted by Gasteiger charge is 2.11. The average Bonchev–Trinajstić information content (AvgIpc) is 3.32. The largest absolute Gasteiger partial charge is 0.249 e. The lowest BCUT2D eigenvalue weighted by atomic mass is 10.2. The van der Waals surface area contributed by atoms with E-state index in [-0.39, 0.29) is 17.4 Å².